The summed E-state index contributed by atoms with van der Waals surface area (Å²) in [6.45, 7) is 6.37. The van der Waals surface area contributed by atoms with Gasteiger partial charge in [-0.2, -0.15) is 13.2 Å². The van der Waals surface area contributed by atoms with Crippen LogP contribution in [0.25, 0.3) is 11.3 Å². The van der Waals surface area contributed by atoms with Crippen LogP contribution >= 0.6 is 11.3 Å². The molecule has 2 aliphatic rings. The molecule has 3 aromatic rings. The Bertz CT molecular complexity index is 1430. The summed E-state index contributed by atoms with van der Waals surface area (Å²) in [6.07, 6.45) is 2.75. The lowest BCUT2D eigenvalue weighted by atomic mass is 9.97. The van der Waals surface area contributed by atoms with Crippen LogP contribution in [0.1, 0.15) is 70.5 Å². The number of piperidine rings is 2. The maximum Gasteiger partial charge on any atom is 0.416 e. The number of benzene rings is 1. The maximum absolute atomic E-state index is 13.6. The Morgan fingerprint density at radius 1 is 1.05 bits per heavy atom. The number of hydrogen-bond acceptors (Lipinski definition) is 8. The number of aromatic nitrogens is 3. The largest absolute Gasteiger partial charge is 0.481 e. The fraction of sp³-hybridized carbons (Fsp3) is 0.500. The molecule has 0 radical (unpaired) electrons. The molecule has 2 saturated heterocycles. The van der Waals surface area contributed by atoms with Crippen molar-refractivity contribution < 1.29 is 27.9 Å². The number of likely N-dealkylation sites (tertiary alicyclic amines) is 1. The molecule has 1 N–H and O–H groups in total. The molecule has 12 heteroatoms. The van der Waals surface area contributed by atoms with Gasteiger partial charge in [0.25, 0.3) is 0 Å². The minimum atomic E-state index is -4.48. The number of Topliss-reactive ketones (excluding diaryl/α,β-unsaturated/α-hetero) is 1. The smallest absolute Gasteiger partial charge is 0.416 e. The van der Waals surface area contributed by atoms with E-state index in [-0.39, 0.29) is 23.8 Å². The summed E-state index contributed by atoms with van der Waals surface area (Å²) in [5.74, 6) is -0.841. The summed E-state index contributed by atoms with van der Waals surface area (Å²) >= 11 is 1.36. The van der Waals surface area contributed by atoms with E-state index in [1.54, 1.807) is 13.0 Å². The van der Waals surface area contributed by atoms with Gasteiger partial charge >= 0.3 is 12.1 Å². The van der Waals surface area contributed by atoms with Gasteiger partial charge in [-0.05, 0) is 69.8 Å². The third kappa shape index (κ3) is 6.97. The van der Waals surface area contributed by atoms with Crippen LogP contribution in [0, 0.1) is 12.8 Å². The van der Waals surface area contributed by atoms with Crippen molar-refractivity contribution in [2.24, 2.45) is 5.92 Å². The van der Waals surface area contributed by atoms with Crippen molar-refractivity contribution >= 4 is 28.9 Å². The summed E-state index contributed by atoms with van der Waals surface area (Å²) in [4.78, 5) is 43.0. The number of alkyl halides is 3. The zero-order valence-electron chi connectivity index (χ0n) is 23.7. The van der Waals surface area contributed by atoms with Crippen molar-refractivity contribution in [3.8, 4) is 11.3 Å². The summed E-state index contributed by atoms with van der Waals surface area (Å²) < 4.78 is 40.9. The van der Waals surface area contributed by atoms with Gasteiger partial charge in [-0.1, -0.05) is 6.42 Å². The number of carboxylic acid groups (broad SMARTS) is 1. The zero-order valence-corrected chi connectivity index (χ0v) is 24.5. The Morgan fingerprint density at radius 3 is 2.45 bits per heavy atom. The van der Waals surface area contributed by atoms with Gasteiger partial charge in [0, 0.05) is 36.1 Å². The number of rotatable bonds is 8. The van der Waals surface area contributed by atoms with Crippen LogP contribution in [0.5, 0.6) is 0 Å². The van der Waals surface area contributed by atoms with Crippen LogP contribution in [-0.2, 0) is 23.9 Å². The van der Waals surface area contributed by atoms with Gasteiger partial charge in [0.1, 0.15) is 16.5 Å². The molecule has 0 unspecified atom stereocenters. The van der Waals surface area contributed by atoms with E-state index in [0.717, 1.165) is 42.8 Å². The van der Waals surface area contributed by atoms with E-state index in [1.807, 2.05) is 4.90 Å². The van der Waals surface area contributed by atoms with Crippen LogP contribution in [0.15, 0.2) is 30.6 Å². The van der Waals surface area contributed by atoms with Crippen LogP contribution in [0.3, 0.4) is 0 Å². The van der Waals surface area contributed by atoms with Crippen molar-refractivity contribution in [1.82, 2.24) is 19.9 Å². The summed E-state index contributed by atoms with van der Waals surface area (Å²) in [5.41, 5.74) is 0.832. The summed E-state index contributed by atoms with van der Waals surface area (Å²) in [5, 5.41) is 9.73. The number of carboxylic acids is 1. The molecule has 0 bridgehead atoms. The van der Waals surface area contributed by atoms with Crippen LogP contribution < -0.4 is 4.90 Å². The lowest BCUT2D eigenvalue weighted by Crippen LogP contribution is -2.36. The van der Waals surface area contributed by atoms with Crippen molar-refractivity contribution in [3.05, 3.63) is 57.3 Å². The Kier molecular flexibility index (Phi) is 8.93. The molecular formula is C30H34F3N5O3S. The van der Waals surface area contributed by atoms with Gasteiger partial charge in [0.05, 0.1) is 36.0 Å². The van der Waals surface area contributed by atoms with Gasteiger partial charge in [0.15, 0.2) is 5.78 Å². The van der Waals surface area contributed by atoms with E-state index in [0.29, 0.717) is 66.2 Å². The number of aliphatic carboxylic acids is 1. The Labute approximate surface area is 246 Å². The number of halogens is 3. The number of hydrogen-bond donors (Lipinski definition) is 1. The van der Waals surface area contributed by atoms with E-state index >= 15 is 0 Å². The number of ketones is 1. The highest BCUT2D eigenvalue weighted by molar-refractivity contribution is 7.12. The first kappa shape index (κ1) is 30.1. The first-order valence-corrected chi connectivity index (χ1v) is 15.0. The highest BCUT2D eigenvalue weighted by Crippen LogP contribution is 2.37. The maximum atomic E-state index is 13.6. The number of thiazole rings is 1. The third-order valence-electron chi connectivity index (χ3n) is 8.11. The molecule has 4 heterocycles. The molecule has 0 amide bonds. The fourth-order valence-corrected chi connectivity index (χ4v) is 6.80. The Hall–Kier alpha value is -3.38. The molecule has 2 fully saturated rings. The van der Waals surface area contributed by atoms with Crippen molar-refractivity contribution in [2.75, 3.05) is 24.5 Å². The van der Waals surface area contributed by atoms with Crippen molar-refractivity contribution in [1.29, 1.82) is 0 Å². The highest BCUT2D eigenvalue weighted by atomic mass is 32.1. The quantitative estimate of drug-likeness (QED) is 0.313. The standard InChI is InChI=1S/C30H34F3N5O3S/c1-18-11-21(13-22(12-18)30(31,32)33)28-25(17-38-8-4-3-5-19(38)2)42-27(36-28)14-24(39)23-15-35-26(16-34-23)37-9-6-20(7-10-37)29(40)41/h11-13,15-16,19-20H,3-10,14,17H2,1-2H3,(H,40,41)/t19-/m1/s1. The van der Waals surface area contributed by atoms with E-state index in [1.165, 1.54) is 23.7 Å². The molecule has 0 aliphatic carbocycles. The number of aryl methyl sites for hydroxylation is 1. The fourth-order valence-electron chi connectivity index (χ4n) is 5.68. The zero-order chi connectivity index (χ0) is 30.0. The minimum Gasteiger partial charge on any atom is -0.481 e. The highest BCUT2D eigenvalue weighted by Gasteiger charge is 2.32. The molecule has 0 spiro atoms. The third-order valence-corrected chi connectivity index (χ3v) is 9.15. The number of carbonyl (C=O) groups is 2. The van der Waals surface area contributed by atoms with Gasteiger partial charge in [-0.3, -0.25) is 14.5 Å². The molecule has 2 aromatic heterocycles. The predicted octanol–water partition coefficient (Wildman–Crippen LogP) is 6.03. The average molecular weight is 602 g/mol. The van der Waals surface area contributed by atoms with Crippen molar-refractivity contribution in [2.45, 2.75) is 71.1 Å². The van der Waals surface area contributed by atoms with Crippen molar-refractivity contribution in [3.63, 3.8) is 0 Å². The topological polar surface area (TPSA) is 99.5 Å². The van der Waals surface area contributed by atoms with Crippen LogP contribution in [0.2, 0.25) is 0 Å². The Morgan fingerprint density at radius 2 is 1.81 bits per heavy atom. The second-order valence-corrected chi connectivity index (χ2v) is 12.4. The monoisotopic (exact) mass is 601 g/mol. The number of anilines is 1. The summed E-state index contributed by atoms with van der Waals surface area (Å²) in [7, 11) is 0. The minimum absolute atomic E-state index is 0.0385. The first-order valence-electron chi connectivity index (χ1n) is 14.2. The first-order chi connectivity index (χ1) is 20.0. The van der Waals surface area contributed by atoms with Gasteiger partial charge < -0.3 is 10.0 Å². The van der Waals surface area contributed by atoms with Crippen LogP contribution in [-0.4, -0.2) is 62.4 Å². The molecule has 42 heavy (non-hydrogen) atoms. The second-order valence-electron chi connectivity index (χ2n) is 11.2. The molecule has 1 atom stereocenters. The molecule has 0 saturated carbocycles. The summed E-state index contributed by atoms with van der Waals surface area (Å²) in [6, 6.07) is 4.33. The van der Waals surface area contributed by atoms with E-state index < -0.39 is 17.7 Å². The van der Waals surface area contributed by atoms with E-state index in [2.05, 4.69) is 21.8 Å². The van der Waals surface area contributed by atoms with Gasteiger partial charge in [-0.15, -0.1) is 11.3 Å². The second kappa shape index (κ2) is 12.5. The van der Waals surface area contributed by atoms with E-state index in [4.69, 9.17) is 4.98 Å². The molecule has 224 valence electrons. The number of carbonyl (C=O) groups excluding carboxylic acids is 1. The number of nitrogens with zero attached hydrogens (tertiary/aromatic N) is 5. The van der Waals surface area contributed by atoms with E-state index in [9.17, 15) is 27.9 Å². The Balaban J connectivity index is 1.37. The molecule has 5 rings (SSSR count). The molecule has 2 aliphatic heterocycles. The predicted molar refractivity (Wildman–Crippen MR) is 154 cm³/mol. The molecule has 1 aromatic carbocycles. The lowest BCUT2D eigenvalue weighted by molar-refractivity contribution is -0.142. The molecular weight excluding hydrogens is 567 g/mol. The molecule has 8 nitrogen and oxygen atoms in total. The van der Waals surface area contributed by atoms with Gasteiger partial charge in [-0.25, -0.2) is 15.0 Å². The average Bonchev–Trinajstić information content (AvgIpc) is 3.35. The van der Waals surface area contributed by atoms with Gasteiger partial charge in [0.2, 0.25) is 0 Å². The SMILES string of the molecule is Cc1cc(-c2nc(CC(=O)c3cnc(N4CCC(C(=O)O)CC4)cn3)sc2CN2CCCC[C@H]2C)cc(C(F)(F)F)c1. The van der Waals surface area contributed by atoms with Crippen LogP contribution in [0.4, 0.5) is 19.0 Å². The lowest BCUT2D eigenvalue weighted by Gasteiger charge is -2.33. The normalized spacial score (nSPS) is 18.8.